The summed E-state index contributed by atoms with van der Waals surface area (Å²) in [6.45, 7) is 0.718. The summed E-state index contributed by atoms with van der Waals surface area (Å²) >= 11 is 0. The number of hydrogen-bond acceptors (Lipinski definition) is 5. The van der Waals surface area contributed by atoms with Gasteiger partial charge in [-0.25, -0.2) is 4.98 Å². The van der Waals surface area contributed by atoms with Gasteiger partial charge in [0.15, 0.2) is 17.0 Å². The van der Waals surface area contributed by atoms with Gasteiger partial charge in [-0.1, -0.05) is 43.2 Å². The topological polar surface area (TPSA) is 95.3 Å². The van der Waals surface area contributed by atoms with Gasteiger partial charge >= 0.3 is 0 Å². The van der Waals surface area contributed by atoms with E-state index in [1.54, 1.807) is 0 Å². The second-order valence-electron chi connectivity index (χ2n) is 8.86. The third-order valence-corrected chi connectivity index (χ3v) is 6.62. The molecule has 0 aliphatic heterocycles. The van der Waals surface area contributed by atoms with Crippen LogP contribution in [0, 0.1) is 0 Å². The van der Waals surface area contributed by atoms with Crippen molar-refractivity contribution in [2.75, 3.05) is 10.6 Å². The van der Waals surface area contributed by atoms with E-state index in [-0.39, 0.29) is 12.4 Å². The number of nitrogens with zero attached hydrogens (tertiary/aromatic N) is 4. The van der Waals surface area contributed by atoms with Crippen LogP contribution in [0.5, 0.6) is 0 Å². The predicted molar refractivity (Wildman–Crippen MR) is 119 cm³/mol. The lowest BCUT2D eigenvalue weighted by Crippen LogP contribution is -3.00. The van der Waals surface area contributed by atoms with Gasteiger partial charge in [0.05, 0.1) is 12.4 Å². The van der Waals surface area contributed by atoms with E-state index in [1.165, 1.54) is 44.1 Å². The summed E-state index contributed by atoms with van der Waals surface area (Å²) < 4.78 is 2.27. The molecule has 2 heterocycles. The highest BCUT2D eigenvalue weighted by molar-refractivity contribution is 5.84. The van der Waals surface area contributed by atoms with Crippen molar-refractivity contribution in [3.8, 4) is 0 Å². The number of imidazole rings is 1. The normalized spacial score (nSPS) is 21.7. The molecule has 7 nitrogen and oxygen atoms in total. The zero-order valence-corrected chi connectivity index (χ0v) is 18.7. The zero-order chi connectivity index (χ0) is 20.3. The van der Waals surface area contributed by atoms with Gasteiger partial charge in [0.25, 0.3) is 0 Å². The minimum absolute atomic E-state index is 0. The Balaban J connectivity index is 0.00000231. The van der Waals surface area contributed by atoms with Gasteiger partial charge in [-0.3, -0.25) is 0 Å². The van der Waals surface area contributed by atoms with E-state index in [0.29, 0.717) is 24.1 Å². The maximum Gasteiger partial charge on any atom is 0.227 e. The van der Waals surface area contributed by atoms with Crippen molar-refractivity contribution in [3.63, 3.8) is 0 Å². The first kappa shape index (κ1) is 21.8. The number of halogens is 1. The van der Waals surface area contributed by atoms with Crippen LogP contribution in [-0.4, -0.2) is 31.6 Å². The standard InChI is InChI=1S/C23H31N7.ClH/c24-17-10-12-18(13-11-17)27-23-28-21(25-14-16-6-2-1-3-7-16)20-22(29-23)30(15-26-20)19-8-4-5-9-19;/h1-3,6-7,15,17-19H,4-5,8-14,24H2,(H2,25,27,28,29);1H. The molecule has 2 aliphatic rings. The number of aromatic nitrogens is 4. The van der Waals surface area contributed by atoms with E-state index >= 15 is 0 Å². The minimum Gasteiger partial charge on any atom is -1.00 e. The minimum atomic E-state index is 0. The number of benzene rings is 1. The largest absolute Gasteiger partial charge is 1.00 e. The first-order valence-electron chi connectivity index (χ1n) is 11.4. The van der Waals surface area contributed by atoms with E-state index in [2.05, 4.69) is 45.2 Å². The first-order chi connectivity index (χ1) is 14.8. The van der Waals surface area contributed by atoms with Crippen LogP contribution < -0.4 is 28.8 Å². The summed E-state index contributed by atoms with van der Waals surface area (Å²) in [5, 5.41) is 7.12. The molecule has 0 atom stereocenters. The maximum absolute atomic E-state index is 4.93. The van der Waals surface area contributed by atoms with Crippen molar-refractivity contribution in [2.45, 2.75) is 76.0 Å². The van der Waals surface area contributed by atoms with Gasteiger partial charge in [-0.2, -0.15) is 9.97 Å². The molecule has 8 heteroatoms. The third-order valence-electron chi connectivity index (χ3n) is 6.62. The van der Waals surface area contributed by atoms with Crippen molar-refractivity contribution in [3.05, 3.63) is 42.2 Å². The van der Waals surface area contributed by atoms with Gasteiger partial charge in [-0.15, -0.1) is 0 Å². The van der Waals surface area contributed by atoms with Gasteiger partial charge in [0, 0.05) is 31.5 Å². The Morgan fingerprint density at radius 1 is 0.968 bits per heavy atom. The summed E-state index contributed by atoms with van der Waals surface area (Å²) in [5.41, 5.74) is 7.25. The highest BCUT2D eigenvalue weighted by Crippen LogP contribution is 2.33. The lowest BCUT2D eigenvalue weighted by molar-refractivity contribution is -0.425. The molecular weight excluding hydrogens is 410 g/mol. The van der Waals surface area contributed by atoms with Crippen LogP contribution in [0.3, 0.4) is 0 Å². The number of quaternary nitrogens is 1. The van der Waals surface area contributed by atoms with E-state index in [0.717, 1.165) is 36.4 Å². The zero-order valence-electron chi connectivity index (χ0n) is 17.9. The lowest BCUT2D eigenvalue weighted by Gasteiger charge is -2.25. The molecule has 0 radical (unpaired) electrons. The van der Waals surface area contributed by atoms with E-state index in [9.17, 15) is 0 Å². The summed E-state index contributed by atoms with van der Waals surface area (Å²) in [6.07, 6.45) is 11.5. The molecule has 2 aliphatic carbocycles. The maximum atomic E-state index is 4.93. The molecule has 166 valence electrons. The second-order valence-corrected chi connectivity index (χ2v) is 8.86. The highest BCUT2D eigenvalue weighted by atomic mass is 35.5. The van der Waals surface area contributed by atoms with E-state index < -0.39 is 0 Å². The fraction of sp³-hybridized carbons (Fsp3) is 0.522. The molecule has 31 heavy (non-hydrogen) atoms. The average molecular weight is 442 g/mol. The molecule has 0 spiro atoms. The molecule has 5 rings (SSSR count). The van der Waals surface area contributed by atoms with E-state index in [1.807, 2.05) is 12.4 Å². The Morgan fingerprint density at radius 3 is 2.45 bits per heavy atom. The number of fused-ring (bicyclic) bond motifs is 1. The number of hydrogen-bond donors (Lipinski definition) is 3. The van der Waals surface area contributed by atoms with E-state index in [4.69, 9.17) is 15.0 Å². The Morgan fingerprint density at radius 2 is 1.71 bits per heavy atom. The molecule has 1 aromatic carbocycles. The predicted octanol–water partition coefficient (Wildman–Crippen LogP) is 0.523. The van der Waals surface area contributed by atoms with Gasteiger partial charge < -0.3 is 33.3 Å². The molecular formula is C23H32ClN7. The molecule has 2 fully saturated rings. The fourth-order valence-electron chi connectivity index (χ4n) is 4.82. The number of anilines is 2. The fourth-order valence-corrected chi connectivity index (χ4v) is 4.82. The first-order valence-corrected chi connectivity index (χ1v) is 11.4. The summed E-state index contributed by atoms with van der Waals surface area (Å²) in [4.78, 5) is 14.5. The SMILES string of the molecule is [Cl-].[NH3+]C1CCC(Nc2nc(NCc3ccccc3)c3ncn(C4CCCC4)c3n2)CC1. The monoisotopic (exact) mass is 441 g/mol. The molecule has 0 saturated heterocycles. The summed E-state index contributed by atoms with van der Waals surface area (Å²) in [6, 6.07) is 11.9. The smallest absolute Gasteiger partial charge is 0.227 e. The van der Waals surface area contributed by atoms with Crippen LogP contribution in [0.1, 0.15) is 63.0 Å². The molecule has 2 saturated carbocycles. The van der Waals surface area contributed by atoms with Crippen LogP contribution in [0.4, 0.5) is 11.8 Å². The molecule has 0 unspecified atom stereocenters. The average Bonchev–Trinajstić information content (AvgIpc) is 3.44. The molecule has 2 aromatic heterocycles. The molecule has 5 N–H and O–H groups in total. The van der Waals surface area contributed by atoms with Gasteiger partial charge in [-0.05, 0) is 31.2 Å². The Labute approximate surface area is 189 Å². The van der Waals surface area contributed by atoms with Crippen LogP contribution in [0.15, 0.2) is 36.7 Å². The van der Waals surface area contributed by atoms with Crippen LogP contribution in [0.2, 0.25) is 0 Å². The van der Waals surface area contributed by atoms with Crippen LogP contribution >= 0.6 is 0 Å². The summed E-state index contributed by atoms with van der Waals surface area (Å²) in [7, 11) is 0. The van der Waals surface area contributed by atoms with Crippen LogP contribution in [-0.2, 0) is 6.54 Å². The molecule has 0 amide bonds. The number of nitrogens with one attached hydrogen (secondary N) is 2. The highest BCUT2D eigenvalue weighted by Gasteiger charge is 2.24. The van der Waals surface area contributed by atoms with Crippen molar-refractivity contribution in [1.82, 2.24) is 19.5 Å². The van der Waals surface area contributed by atoms with Crippen molar-refractivity contribution in [2.24, 2.45) is 0 Å². The van der Waals surface area contributed by atoms with Crippen molar-refractivity contribution < 1.29 is 18.1 Å². The third kappa shape index (κ3) is 4.93. The Kier molecular flexibility index (Phi) is 6.92. The van der Waals surface area contributed by atoms with Crippen molar-refractivity contribution in [1.29, 1.82) is 0 Å². The second kappa shape index (κ2) is 9.83. The Bertz CT molecular complexity index is 976. The van der Waals surface area contributed by atoms with Crippen LogP contribution in [0.25, 0.3) is 11.2 Å². The van der Waals surface area contributed by atoms with Gasteiger partial charge in [0.2, 0.25) is 5.95 Å². The summed E-state index contributed by atoms with van der Waals surface area (Å²) in [5.74, 6) is 1.53. The molecule has 0 bridgehead atoms. The Hall–Kier alpha value is -2.38. The van der Waals surface area contributed by atoms with Crippen molar-refractivity contribution >= 4 is 22.9 Å². The quantitative estimate of drug-likeness (QED) is 0.518. The molecule has 3 aromatic rings. The number of rotatable bonds is 6. The van der Waals surface area contributed by atoms with Gasteiger partial charge in [0.1, 0.15) is 0 Å². The lowest BCUT2D eigenvalue weighted by atomic mass is 9.92.